The fourth-order valence-corrected chi connectivity index (χ4v) is 4.60. The van der Waals surface area contributed by atoms with Gasteiger partial charge in [0.15, 0.2) is 9.84 Å². The highest BCUT2D eigenvalue weighted by molar-refractivity contribution is 7.91. The van der Waals surface area contributed by atoms with Crippen LogP contribution in [0.2, 0.25) is 0 Å². The summed E-state index contributed by atoms with van der Waals surface area (Å²) in [5, 5.41) is 3.06. The molecule has 0 saturated carbocycles. The number of methoxy groups -OCH3 is 1. The number of nitrogens with one attached hydrogen (secondary N) is 1. The minimum absolute atomic E-state index is 0.0509. The third-order valence-corrected chi connectivity index (χ3v) is 5.94. The van der Waals surface area contributed by atoms with Gasteiger partial charge < -0.3 is 9.47 Å². The summed E-state index contributed by atoms with van der Waals surface area (Å²) in [5.41, 5.74) is 1.85. The molecule has 1 fully saturated rings. The first-order chi connectivity index (χ1) is 12.5. The number of benzene rings is 2. The van der Waals surface area contributed by atoms with Gasteiger partial charge >= 0.3 is 5.97 Å². The molecule has 2 aromatic carbocycles. The molecule has 2 unspecified atom stereocenters. The summed E-state index contributed by atoms with van der Waals surface area (Å²) in [6.07, 6.45) is 0. The van der Waals surface area contributed by atoms with Crippen LogP contribution in [0.25, 0.3) is 0 Å². The summed E-state index contributed by atoms with van der Waals surface area (Å²) in [6, 6.07) is 15.7. The maximum absolute atomic E-state index is 12.1. The van der Waals surface area contributed by atoms with Crippen LogP contribution in [0, 0.1) is 0 Å². The molecule has 0 spiro atoms. The minimum atomic E-state index is -3.34. The second kappa shape index (κ2) is 7.88. The third-order valence-electron chi connectivity index (χ3n) is 4.26. The number of hydrogen-bond acceptors (Lipinski definition) is 6. The van der Waals surface area contributed by atoms with Gasteiger partial charge in [-0.1, -0.05) is 42.5 Å². The zero-order chi connectivity index (χ0) is 18.6. The number of carbonyl (C=O) groups is 1. The number of sulfone groups is 1. The van der Waals surface area contributed by atoms with Crippen LogP contribution in [0.15, 0.2) is 54.6 Å². The van der Waals surface area contributed by atoms with Crippen molar-refractivity contribution >= 4 is 15.8 Å². The van der Waals surface area contributed by atoms with Gasteiger partial charge in [0.05, 0.1) is 18.6 Å². The summed E-state index contributed by atoms with van der Waals surface area (Å²) in [4.78, 5) is 11.7. The lowest BCUT2D eigenvalue weighted by molar-refractivity contribution is -0.142. The smallest absolute Gasteiger partial charge is 0.323 e. The molecule has 3 rings (SSSR count). The van der Waals surface area contributed by atoms with Gasteiger partial charge in [-0.05, 0) is 23.3 Å². The average molecular weight is 375 g/mol. The van der Waals surface area contributed by atoms with Gasteiger partial charge in [-0.2, -0.15) is 0 Å². The van der Waals surface area contributed by atoms with E-state index in [1.807, 2.05) is 42.5 Å². The molecule has 1 aliphatic rings. The molecule has 1 aliphatic heterocycles. The molecule has 0 aliphatic carbocycles. The molecule has 0 bridgehead atoms. The van der Waals surface area contributed by atoms with Crippen molar-refractivity contribution < 1.29 is 22.7 Å². The molecule has 1 saturated heterocycles. The van der Waals surface area contributed by atoms with Gasteiger partial charge in [-0.3, -0.25) is 10.1 Å². The van der Waals surface area contributed by atoms with Gasteiger partial charge in [0.25, 0.3) is 0 Å². The minimum Gasteiger partial charge on any atom is -0.489 e. The molecule has 1 N–H and O–H groups in total. The van der Waals surface area contributed by atoms with Crippen LogP contribution in [0.3, 0.4) is 0 Å². The van der Waals surface area contributed by atoms with Crippen LogP contribution in [0.1, 0.15) is 17.2 Å². The van der Waals surface area contributed by atoms with Gasteiger partial charge in [-0.25, -0.2) is 8.42 Å². The number of rotatable bonds is 5. The molecular weight excluding hydrogens is 354 g/mol. The lowest BCUT2D eigenvalue weighted by Gasteiger charge is -2.29. The van der Waals surface area contributed by atoms with E-state index in [9.17, 15) is 13.2 Å². The van der Waals surface area contributed by atoms with E-state index in [4.69, 9.17) is 4.74 Å². The largest absolute Gasteiger partial charge is 0.489 e. The van der Waals surface area contributed by atoms with E-state index in [1.54, 1.807) is 12.1 Å². The normalized spacial score (nSPS) is 21.7. The van der Waals surface area contributed by atoms with Gasteiger partial charge in [-0.15, -0.1) is 0 Å². The highest BCUT2D eigenvalue weighted by Gasteiger charge is 2.36. The zero-order valence-electron chi connectivity index (χ0n) is 14.4. The summed E-state index contributed by atoms with van der Waals surface area (Å²) in [7, 11) is -2.09. The van der Waals surface area contributed by atoms with E-state index in [0.29, 0.717) is 12.4 Å². The van der Waals surface area contributed by atoms with Crippen molar-refractivity contribution in [3.63, 3.8) is 0 Å². The van der Waals surface area contributed by atoms with E-state index in [-0.39, 0.29) is 11.5 Å². The van der Waals surface area contributed by atoms with Crippen molar-refractivity contribution in [2.45, 2.75) is 18.7 Å². The number of ether oxygens (including phenoxy) is 2. The molecule has 0 radical (unpaired) electrons. The Morgan fingerprint density at radius 1 is 1.08 bits per heavy atom. The third kappa shape index (κ3) is 4.62. The summed E-state index contributed by atoms with van der Waals surface area (Å²) < 4.78 is 34.7. The van der Waals surface area contributed by atoms with Crippen LogP contribution < -0.4 is 10.1 Å². The van der Waals surface area contributed by atoms with E-state index in [1.165, 1.54) is 7.11 Å². The molecule has 0 aromatic heterocycles. The second-order valence-corrected chi connectivity index (χ2v) is 8.37. The Labute approximate surface area is 153 Å². The van der Waals surface area contributed by atoms with E-state index >= 15 is 0 Å². The quantitative estimate of drug-likeness (QED) is 0.804. The first-order valence-electron chi connectivity index (χ1n) is 8.28. The lowest BCUT2D eigenvalue weighted by Crippen LogP contribution is -2.51. The highest BCUT2D eigenvalue weighted by Crippen LogP contribution is 2.24. The van der Waals surface area contributed by atoms with Gasteiger partial charge in [0.1, 0.15) is 18.4 Å². The predicted octanol–water partition coefficient (Wildman–Crippen LogP) is 1.87. The molecule has 2 atom stereocenters. The Morgan fingerprint density at radius 3 is 2.42 bits per heavy atom. The van der Waals surface area contributed by atoms with E-state index < -0.39 is 27.9 Å². The van der Waals surface area contributed by atoms with Crippen molar-refractivity contribution in [1.82, 2.24) is 5.32 Å². The van der Waals surface area contributed by atoms with Crippen molar-refractivity contribution in [3.8, 4) is 5.75 Å². The van der Waals surface area contributed by atoms with Crippen LogP contribution in [-0.4, -0.2) is 39.0 Å². The SMILES string of the molecule is COC(=O)C1CS(=O)(=O)CC(c2ccc(OCc3ccccc3)cc2)N1. The average Bonchev–Trinajstić information content (AvgIpc) is 2.65. The van der Waals surface area contributed by atoms with Crippen molar-refractivity contribution in [3.05, 3.63) is 65.7 Å². The van der Waals surface area contributed by atoms with Crippen LogP contribution >= 0.6 is 0 Å². The number of esters is 1. The maximum atomic E-state index is 12.1. The molecule has 6 nitrogen and oxygen atoms in total. The van der Waals surface area contributed by atoms with Gasteiger partial charge in [0, 0.05) is 6.04 Å². The number of carbonyl (C=O) groups excluding carboxylic acids is 1. The Morgan fingerprint density at radius 2 is 1.77 bits per heavy atom. The Bertz CT molecular complexity index is 849. The van der Waals surface area contributed by atoms with Crippen LogP contribution in [-0.2, 0) is 26.0 Å². The molecule has 138 valence electrons. The van der Waals surface area contributed by atoms with Crippen LogP contribution in [0.5, 0.6) is 5.75 Å². The summed E-state index contributed by atoms with van der Waals surface area (Å²) in [6.45, 7) is 0.459. The maximum Gasteiger partial charge on any atom is 0.323 e. The fraction of sp³-hybridized carbons (Fsp3) is 0.316. The molecule has 7 heteroatoms. The molecule has 2 aromatic rings. The molecule has 1 heterocycles. The van der Waals surface area contributed by atoms with Crippen molar-refractivity contribution in [2.75, 3.05) is 18.6 Å². The fourth-order valence-electron chi connectivity index (χ4n) is 2.92. The van der Waals surface area contributed by atoms with E-state index in [2.05, 4.69) is 10.1 Å². The summed E-state index contributed by atoms with van der Waals surface area (Å²) >= 11 is 0. The van der Waals surface area contributed by atoms with Gasteiger partial charge in [0.2, 0.25) is 0 Å². The standard InChI is InChI=1S/C19H21NO5S/c1-24-19(21)18-13-26(22,23)12-17(20-18)15-7-9-16(10-8-15)25-11-14-5-3-2-4-6-14/h2-10,17-18,20H,11-13H2,1H3. The Hall–Kier alpha value is -2.38. The second-order valence-electron chi connectivity index (χ2n) is 6.22. The predicted molar refractivity (Wildman–Crippen MR) is 97.6 cm³/mol. The first-order valence-corrected chi connectivity index (χ1v) is 10.1. The first kappa shape index (κ1) is 18.4. The topological polar surface area (TPSA) is 81.7 Å². The molecular formula is C19H21NO5S. The molecule has 26 heavy (non-hydrogen) atoms. The zero-order valence-corrected chi connectivity index (χ0v) is 15.2. The lowest BCUT2D eigenvalue weighted by atomic mass is 10.1. The Balaban J connectivity index is 1.68. The molecule has 0 amide bonds. The van der Waals surface area contributed by atoms with E-state index in [0.717, 1.165) is 11.1 Å². The monoisotopic (exact) mass is 375 g/mol. The van der Waals surface area contributed by atoms with Crippen LogP contribution in [0.4, 0.5) is 0 Å². The number of hydrogen-bond donors (Lipinski definition) is 1. The van der Waals surface area contributed by atoms with Crippen molar-refractivity contribution in [2.24, 2.45) is 0 Å². The highest BCUT2D eigenvalue weighted by atomic mass is 32.2. The summed E-state index contributed by atoms with van der Waals surface area (Å²) in [5.74, 6) is -0.166. The van der Waals surface area contributed by atoms with Crippen molar-refractivity contribution in [1.29, 1.82) is 0 Å². The Kier molecular flexibility index (Phi) is 5.58.